The summed E-state index contributed by atoms with van der Waals surface area (Å²) in [6, 6.07) is 0. The zero-order valence-electron chi connectivity index (χ0n) is 12.1. The summed E-state index contributed by atoms with van der Waals surface area (Å²) in [5.41, 5.74) is 0. The molecule has 130 valence electrons. The van der Waals surface area contributed by atoms with Crippen LogP contribution >= 0.6 is 10.9 Å². The molecule has 9 nitrogen and oxygen atoms in total. The Morgan fingerprint density at radius 2 is 1.00 bits per heavy atom. The van der Waals surface area contributed by atoms with Gasteiger partial charge < -0.3 is 29.0 Å². The van der Waals surface area contributed by atoms with Gasteiger partial charge in [-0.05, 0) is 6.42 Å². The largest absolute Gasteiger partial charge is 0.478 e. The minimum atomic E-state index is -3.17. The van der Waals surface area contributed by atoms with Crippen LogP contribution in [0.25, 0.3) is 0 Å². The third kappa shape index (κ3) is 82.2. The van der Waals surface area contributed by atoms with E-state index in [0.29, 0.717) is 6.42 Å². The van der Waals surface area contributed by atoms with Gasteiger partial charge in [-0.15, -0.1) is 0 Å². The fourth-order valence-electron chi connectivity index (χ4n) is 0.274. The van der Waals surface area contributed by atoms with Crippen LogP contribution in [0.4, 0.5) is 0 Å². The lowest BCUT2D eigenvalue weighted by molar-refractivity contribution is -0.132. The lowest BCUT2D eigenvalue weighted by Gasteiger charge is -2.16. The first kappa shape index (κ1) is 28.1. The van der Waals surface area contributed by atoms with Crippen molar-refractivity contribution in [1.29, 1.82) is 0 Å². The van der Waals surface area contributed by atoms with Gasteiger partial charge >= 0.3 is 17.9 Å². The number of carbonyl (C=O) groups is 3. The second kappa shape index (κ2) is 18.9. The predicted octanol–water partition coefficient (Wildman–Crippen LogP) is 2.39. The highest BCUT2D eigenvalue weighted by Crippen LogP contribution is 2.32. The number of hydrogen-bond donors (Lipinski definition) is 6. The van der Waals surface area contributed by atoms with Crippen LogP contribution in [-0.2, 0) is 14.4 Å². The number of hydrogen-bond acceptors (Lipinski definition) is 6. The van der Waals surface area contributed by atoms with Gasteiger partial charge in [-0.25, -0.2) is 14.4 Å². The first-order valence-corrected chi connectivity index (χ1v) is 7.09. The van der Waals surface area contributed by atoms with Gasteiger partial charge in [-0.3, -0.25) is 0 Å². The number of aliphatic carboxylic acids is 3. The summed E-state index contributed by atoms with van der Waals surface area (Å²) in [7, 11) is -3.17. The van der Waals surface area contributed by atoms with Crippen molar-refractivity contribution in [3.63, 3.8) is 0 Å². The standard InChI is InChI=1S/C3H10O3S.3C3H4O2/c1-2-3-7(4,5)6;3*1-2-3(4)5/h4-6H,2-3H2,1H3;3*2H,1H2,(H,4,5). The molecule has 0 aliphatic heterocycles. The van der Waals surface area contributed by atoms with E-state index in [2.05, 4.69) is 19.7 Å². The van der Waals surface area contributed by atoms with Crippen LogP contribution in [0.3, 0.4) is 0 Å². The van der Waals surface area contributed by atoms with Crippen LogP contribution in [0.5, 0.6) is 0 Å². The first-order chi connectivity index (χ1) is 9.87. The lowest BCUT2D eigenvalue weighted by Crippen LogP contribution is -1.98. The molecule has 0 amide bonds. The van der Waals surface area contributed by atoms with E-state index < -0.39 is 28.8 Å². The quantitative estimate of drug-likeness (QED) is 0.410. The van der Waals surface area contributed by atoms with Crippen molar-refractivity contribution in [3.8, 4) is 0 Å². The monoisotopic (exact) mass is 342 g/mol. The number of carboxylic acid groups (broad SMARTS) is 3. The molecule has 0 aromatic rings. The average Bonchev–Trinajstić information content (AvgIpc) is 2.39. The molecule has 0 saturated carbocycles. The molecule has 0 unspecified atom stereocenters. The fraction of sp³-hybridized carbons (Fsp3) is 0.250. The molecular weight excluding hydrogens is 320 g/mol. The average molecular weight is 342 g/mol. The van der Waals surface area contributed by atoms with Crippen molar-refractivity contribution >= 4 is 28.8 Å². The molecule has 6 N–H and O–H groups in total. The Bertz CT molecular complexity index is 315. The molecular formula is C12H22O9S. The molecule has 0 spiro atoms. The zero-order valence-corrected chi connectivity index (χ0v) is 12.9. The summed E-state index contributed by atoms with van der Waals surface area (Å²) < 4.78 is 24.6. The third-order valence-corrected chi connectivity index (χ3v) is 1.96. The molecule has 0 aromatic carbocycles. The molecule has 0 aromatic heterocycles. The third-order valence-electron chi connectivity index (χ3n) is 1.00. The van der Waals surface area contributed by atoms with Crippen LogP contribution < -0.4 is 0 Å². The minimum Gasteiger partial charge on any atom is -0.478 e. The van der Waals surface area contributed by atoms with E-state index in [1.807, 2.05) is 0 Å². The van der Waals surface area contributed by atoms with Crippen molar-refractivity contribution in [2.24, 2.45) is 0 Å². The molecule has 0 atom stereocenters. The van der Waals surface area contributed by atoms with E-state index in [4.69, 9.17) is 29.0 Å². The minimum absolute atomic E-state index is 0.0903. The Morgan fingerprint density at radius 1 is 0.818 bits per heavy atom. The van der Waals surface area contributed by atoms with E-state index in [0.717, 1.165) is 18.2 Å². The van der Waals surface area contributed by atoms with E-state index in [1.54, 1.807) is 6.92 Å². The molecule has 0 radical (unpaired) electrons. The van der Waals surface area contributed by atoms with Crippen molar-refractivity contribution in [2.45, 2.75) is 13.3 Å². The summed E-state index contributed by atoms with van der Waals surface area (Å²) in [5, 5.41) is 22.8. The lowest BCUT2D eigenvalue weighted by atomic mass is 10.6. The molecule has 10 heteroatoms. The van der Waals surface area contributed by atoms with Gasteiger partial charge in [-0.2, -0.15) is 0 Å². The van der Waals surface area contributed by atoms with Crippen LogP contribution in [0.2, 0.25) is 0 Å². The predicted molar refractivity (Wildman–Crippen MR) is 84.1 cm³/mol. The van der Waals surface area contributed by atoms with E-state index in [-0.39, 0.29) is 5.75 Å². The number of carboxylic acids is 3. The van der Waals surface area contributed by atoms with Crippen molar-refractivity contribution in [2.75, 3.05) is 5.75 Å². The first-order valence-electron chi connectivity index (χ1n) is 5.42. The highest BCUT2D eigenvalue weighted by molar-refractivity contribution is 8.19. The Labute approximate surface area is 130 Å². The van der Waals surface area contributed by atoms with Crippen molar-refractivity contribution < 1.29 is 43.4 Å². The SMILES string of the molecule is C=CC(=O)O.C=CC(=O)O.C=CC(=O)O.CCCS(O)(O)O. The molecule has 0 aliphatic carbocycles. The second-order valence-electron chi connectivity index (χ2n) is 2.96. The van der Waals surface area contributed by atoms with Gasteiger partial charge in [0.1, 0.15) is 0 Å². The summed E-state index contributed by atoms with van der Waals surface area (Å²) in [6.07, 6.45) is 3.10. The van der Waals surface area contributed by atoms with Crippen LogP contribution in [0.1, 0.15) is 13.3 Å². The molecule has 0 rings (SSSR count). The van der Waals surface area contributed by atoms with E-state index in [9.17, 15) is 14.4 Å². The van der Waals surface area contributed by atoms with Crippen molar-refractivity contribution in [1.82, 2.24) is 0 Å². The van der Waals surface area contributed by atoms with Gasteiger partial charge in [0.15, 0.2) is 0 Å². The zero-order chi connectivity index (χ0) is 18.8. The van der Waals surface area contributed by atoms with Gasteiger partial charge in [-0.1, -0.05) is 26.7 Å². The Kier molecular flexibility index (Phi) is 24.1. The van der Waals surface area contributed by atoms with E-state index >= 15 is 0 Å². The Balaban J connectivity index is -0.0000000995. The Morgan fingerprint density at radius 3 is 1.00 bits per heavy atom. The molecule has 0 aliphatic rings. The topological polar surface area (TPSA) is 173 Å². The fourth-order valence-corrected chi connectivity index (χ4v) is 0.822. The van der Waals surface area contributed by atoms with Gasteiger partial charge in [0.05, 0.1) is 10.9 Å². The van der Waals surface area contributed by atoms with Gasteiger partial charge in [0.25, 0.3) is 0 Å². The maximum absolute atomic E-state index is 9.25. The normalized spacial score (nSPS) is 8.91. The molecule has 0 saturated heterocycles. The highest BCUT2D eigenvalue weighted by atomic mass is 32.3. The molecule has 0 fully saturated rings. The maximum Gasteiger partial charge on any atom is 0.327 e. The van der Waals surface area contributed by atoms with Crippen molar-refractivity contribution in [3.05, 3.63) is 38.0 Å². The molecule has 22 heavy (non-hydrogen) atoms. The van der Waals surface area contributed by atoms with Crippen LogP contribution in [0, 0.1) is 0 Å². The van der Waals surface area contributed by atoms with Gasteiger partial charge in [0, 0.05) is 24.0 Å². The highest BCUT2D eigenvalue weighted by Gasteiger charge is 2.06. The molecule has 0 heterocycles. The summed E-state index contributed by atoms with van der Waals surface area (Å²) in [5.74, 6) is -2.85. The van der Waals surface area contributed by atoms with Crippen LogP contribution in [-0.4, -0.2) is 52.6 Å². The molecule has 0 bridgehead atoms. The summed E-state index contributed by atoms with van der Waals surface area (Å²) in [4.78, 5) is 27.8. The Hall–Kier alpha value is -2.14. The van der Waals surface area contributed by atoms with E-state index in [1.165, 1.54) is 0 Å². The van der Waals surface area contributed by atoms with Crippen LogP contribution in [0.15, 0.2) is 38.0 Å². The second-order valence-corrected chi connectivity index (χ2v) is 4.64. The smallest absolute Gasteiger partial charge is 0.327 e. The maximum atomic E-state index is 9.25. The summed E-state index contributed by atoms with van der Waals surface area (Å²) >= 11 is 0. The van der Waals surface area contributed by atoms with Gasteiger partial charge in [0.2, 0.25) is 0 Å². The summed E-state index contributed by atoms with van der Waals surface area (Å²) in [6.45, 7) is 10.7. The number of rotatable bonds is 5.